The summed E-state index contributed by atoms with van der Waals surface area (Å²) in [4.78, 5) is 38.2. The Balaban J connectivity index is 1.98. The van der Waals surface area contributed by atoms with Crippen molar-refractivity contribution in [3.05, 3.63) is 65.7 Å². The van der Waals surface area contributed by atoms with E-state index in [2.05, 4.69) is 10.6 Å². The third-order valence-corrected chi connectivity index (χ3v) is 5.36. The largest absolute Gasteiger partial charge is 0.497 e. The molecular weight excluding hydrogens is 462 g/mol. The minimum atomic E-state index is -1.94. The maximum absolute atomic E-state index is 13.2. The summed E-state index contributed by atoms with van der Waals surface area (Å²) in [6.45, 7) is 7.20. The number of hydrogen-bond acceptors (Lipinski definition) is 7. The minimum absolute atomic E-state index is 0.0396. The molecular formula is C27H37N3O6. The highest BCUT2D eigenvalue weighted by Gasteiger charge is 2.45. The van der Waals surface area contributed by atoms with Gasteiger partial charge in [-0.05, 0) is 63.8 Å². The van der Waals surface area contributed by atoms with Crippen molar-refractivity contribution in [3.8, 4) is 5.75 Å². The van der Waals surface area contributed by atoms with E-state index in [0.29, 0.717) is 5.75 Å². The van der Waals surface area contributed by atoms with Crippen molar-refractivity contribution in [2.24, 2.45) is 5.73 Å². The van der Waals surface area contributed by atoms with Gasteiger partial charge in [0.2, 0.25) is 0 Å². The summed E-state index contributed by atoms with van der Waals surface area (Å²) in [5, 5.41) is 5.43. The number of nitrogens with two attached hydrogens (primary N) is 1. The number of rotatable bonds is 11. The zero-order valence-electron chi connectivity index (χ0n) is 21.6. The number of carbonyl (C=O) groups is 3. The van der Waals surface area contributed by atoms with Crippen molar-refractivity contribution in [2.75, 3.05) is 13.7 Å². The molecule has 0 aliphatic rings. The van der Waals surface area contributed by atoms with Crippen LogP contribution in [0.3, 0.4) is 0 Å². The van der Waals surface area contributed by atoms with Crippen molar-refractivity contribution in [3.63, 3.8) is 0 Å². The number of amides is 2. The van der Waals surface area contributed by atoms with Gasteiger partial charge in [0.25, 0.3) is 5.91 Å². The third-order valence-electron chi connectivity index (χ3n) is 5.36. The van der Waals surface area contributed by atoms with E-state index in [0.717, 1.165) is 11.1 Å². The lowest BCUT2D eigenvalue weighted by Crippen LogP contribution is -2.61. The predicted octanol–water partition coefficient (Wildman–Crippen LogP) is 3.62. The molecule has 0 radical (unpaired) electrons. The molecule has 4 N–H and O–H groups in total. The van der Waals surface area contributed by atoms with Gasteiger partial charge in [-0.3, -0.25) is 4.79 Å². The van der Waals surface area contributed by atoms with Crippen molar-refractivity contribution >= 4 is 18.0 Å². The Morgan fingerprint density at radius 3 is 2.22 bits per heavy atom. The zero-order chi connectivity index (χ0) is 26.8. The monoisotopic (exact) mass is 499 g/mol. The maximum Gasteiger partial charge on any atom is 0.407 e. The second-order valence-corrected chi connectivity index (χ2v) is 9.53. The smallest absolute Gasteiger partial charge is 0.407 e. The normalized spacial score (nSPS) is 13.6. The van der Waals surface area contributed by atoms with Crippen molar-refractivity contribution < 1.29 is 28.6 Å². The van der Waals surface area contributed by atoms with E-state index >= 15 is 0 Å². The number of methoxy groups -OCH3 is 1. The number of ether oxygens (including phenoxy) is 3. The van der Waals surface area contributed by atoms with Gasteiger partial charge in [-0.2, -0.15) is 0 Å². The lowest BCUT2D eigenvalue weighted by atomic mass is 9.92. The van der Waals surface area contributed by atoms with E-state index in [1.165, 1.54) is 0 Å². The van der Waals surface area contributed by atoms with Crippen LogP contribution in [0.1, 0.15) is 57.7 Å². The summed E-state index contributed by atoms with van der Waals surface area (Å²) in [7, 11) is 1.57. The molecule has 9 nitrogen and oxygen atoms in total. The Hall–Kier alpha value is -3.59. The number of alkyl carbamates (subject to hydrolysis) is 1. The van der Waals surface area contributed by atoms with Crippen LogP contribution in [-0.4, -0.2) is 42.8 Å². The Labute approximate surface area is 212 Å². The summed E-state index contributed by atoms with van der Waals surface area (Å²) in [6, 6.07) is 16.1. The fourth-order valence-electron chi connectivity index (χ4n) is 3.31. The summed E-state index contributed by atoms with van der Waals surface area (Å²) in [5.74, 6) is -0.804. The standard InChI is InChI=1S/C27H37N3O6/c1-19(21-12-14-22(34-5)15-13-21)30-23(31)27(28,24(32)36-26(2,3)4)16-9-17-29-25(33)35-18-20-10-7-6-8-11-20/h6-8,10-15,19H,9,16-18,28H2,1-5H3,(H,29,33)(H,30,31)/t19-,27+/m0/s1. The average molecular weight is 500 g/mol. The van der Waals surface area contributed by atoms with E-state index in [9.17, 15) is 14.4 Å². The molecule has 0 aliphatic heterocycles. The molecule has 2 aromatic carbocycles. The van der Waals surface area contributed by atoms with Crippen LogP contribution in [0.2, 0.25) is 0 Å². The number of esters is 1. The van der Waals surface area contributed by atoms with E-state index in [4.69, 9.17) is 19.9 Å². The first-order chi connectivity index (χ1) is 16.9. The van der Waals surface area contributed by atoms with Gasteiger partial charge < -0.3 is 30.6 Å². The van der Waals surface area contributed by atoms with Gasteiger partial charge in [0.1, 0.15) is 18.0 Å². The minimum Gasteiger partial charge on any atom is -0.497 e. The number of hydrogen-bond donors (Lipinski definition) is 3. The van der Waals surface area contributed by atoms with E-state index < -0.39 is 35.2 Å². The van der Waals surface area contributed by atoms with Gasteiger partial charge >= 0.3 is 12.1 Å². The van der Waals surface area contributed by atoms with Crippen LogP contribution < -0.4 is 21.1 Å². The topological polar surface area (TPSA) is 129 Å². The molecule has 0 aromatic heterocycles. The van der Waals surface area contributed by atoms with Crippen molar-refractivity contribution in [1.82, 2.24) is 10.6 Å². The quantitative estimate of drug-likeness (QED) is 0.245. The molecule has 0 aliphatic carbocycles. The van der Waals surface area contributed by atoms with Gasteiger partial charge in [-0.1, -0.05) is 42.5 Å². The molecule has 0 unspecified atom stereocenters. The second-order valence-electron chi connectivity index (χ2n) is 9.53. The molecule has 2 rings (SSSR count). The lowest BCUT2D eigenvalue weighted by Gasteiger charge is -2.31. The van der Waals surface area contributed by atoms with E-state index in [1.807, 2.05) is 42.5 Å². The predicted molar refractivity (Wildman–Crippen MR) is 136 cm³/mol. The zero-order valence-corrected chi connectivity index (χ0v) is 21.6. The molecule has 0 saturated heterocycles. The van der Waals surface area contributed by atoms with Gasteiger partial charge in [-0.25, -0.2) is 9.59 Å². The van der Waals surface area contributed by atoms with Crippen LogP contribution in [0.5, 0.6) is 5.75 Å². The highest BCUT2D eigenvalue weighted by molar-refractivity contribution is 6.07. The molecule has 2 amide bonds. The molecule has 0 saturated carbocycles. The van der Waals surface area contributed by atoms with Gasteiger partial charge in [0, 0.05) is 6.54 Å². The van der Waals surface area contributed by atoms with E-state index in [1.54, 1.807) is 46.9 Å². The highest BCUT2D eigenvalue weighted by Crippen LogP contribution is 2.21. The Morgan fingerprint density at radius 2 is 1.64 bits per heavy atom. The first kappa shape index (κ1) is 28.6. The summed E-state index contributed by atoms with van der Waals surface area (Å²) >= 11 is 0. The van der Waals surface area contributed by atoms with Crippen LogP contribution >= 0.6 is 0 Å². The summed E-state index contributed by atoms with van der Waals surface area (Å²) < 4.78 is 15.8. The lowest BCUT2D eigenvalue weighted by molar-refractivity contribution is -0.165. The van der Waals surface area contributed by atoms with Gasteiger partial charge in [0.15, 0.2) is 5.54 Å². The Kier molecular flexibility index (Phi) is 10.3. The first-order valence-electron chi connectivity index (χ1n) is 11.9. The van der Waals surface area contributed by atoms with Crippen LogP contribution in [0.4, 0.5) is 4.79 Å². The Bertz CT molecular complexity index is 1000. The second kappa shape index (κ2) is 12.9. The number of nitrogens with one attached hydrogen (secondary N) is 2. The summed E-state index contributed by atoms with van der Waals surface area (Å²) in [5.41, 5.74) is 5.27. The molecule has 0 heterocycles. The average Bonchev–Trinajstić information content (AvgIpc) is 2.84. The van der Waals surface area contributed by atoms with Crippen molar-refractivity contribution in [2.45, 2.75) is 64.3 Å². The molecule has 0 bridgehead atoms. The molecule has 196 valence electrons. The Morgan fingerprint density at radius 1 is 1.00 bits per heavy atom. The maximum atomic E-state index is 13.2. The van der Waals surface area contributed by atoms with Gasteiger partial charge in [0.05, 0.1) is 13.2 Å². The molecule has 0 fully saturated rings. The van der Waals surface area contributed by atoms with Crippen LogP contribution in [0.25, 0.3) is 0 Å². The van der Waals surface area contributed by atoms with Crippen LogP contribution in [-0.2, 0) is 25.7 Å². The number of benzene rings is 2. The van der Waals surface area contributed by atoms with Crippen molar-refractivity contribution in [1.29, 1.82) is 0 Å². The molecule has 36 heavy (non-hydrogen) atoms. The molecule has 9 heteroatoms. The molecule has 2 atom stereocenters. The van der Waals surface area contributed by atoms with Crippen LogP contribution in [0, 0.1) is 0 Å². The fourth-order valence-corrected chi connectivity index (χ4v) is 3.31. The van der Waals surface area contributed by atoms with E-state index in [-0.39, 0.29) is 26.0 Å². The SMILES string of the molecule is COc1ccc([C@H](C)NC(=O)[C@](N)(CCCNC(=O)OCc2ccccc2)C(=O)OC(C)(C)C)cc1. The highest BCUT2D eigenvalue weighted by atomic mass is 16.6. The van der Waals surface area contributed by atoms with Gasteiger partial charge in [-0.15, -0.1) is 0 Å². The number of carbonyl (C=O) groups excluding carboxylic acids is 3. The molecule has 0 spiro atoms. The third kappa shape index (κ3) is 8.88. The van der Waals surface area contributed by atoms with Crippen LogP contribution in [0.15, 0.2) is 54.6 Å². The molecule has 2 aromatic rings. The summed E-state index contributed by atoms with van der Waals surface area (Å²) in [6.07, 6.45) is -0.390. The fraction of sp³-hybridized carbons (Fsp3) is 0.444. The first-order valence-corrected chi connectivity index (χ1v) is 11.9.